The summed E-state index contributed by atoms with van der Waals surface area (Å²) in [5, 5.41) is 12.4. The number of aromatic nitrogens is 3. The molecule has 3 rings (SSSR count). The lowest BCUT2D eigenvalue weighted by Crippen LogP contribution is -2.35. The van der Waals surface area contributed by atoms with Crippen LogP contribution in [-0.2, 0) is 13.0 Å². The third-order valence-electron chi connectivity index (χ3n) is 3.62. The Hall–Kier alpha value is -1.68. The summed E-state index contributed by atoms with van der Waals surface area (Å²) in [5.74, 6) is 2.15. The molecule has 1 aliphatic rings. The normalized spacial score (nSPS) is 18.9. The van der Waals surface area contributed by atoms with Gasteiger partial charge < -0.3 is 9.88 Å². The predicted molar refractivity (Wildman–Crippen MR) is 79.5 cm³/mol. The van der Waals surface area contributed by atoms with Crippen molar-refractivity contribution in [1.29, 1.82) is 0 Å². The number of nitrogens with zero attached hydrogens (tertiary/aromatic N) is 3. The second kappa shape index (κ2) is 5.02. The minimum absolute atomic E-state index is 0.158. The molecule has 4 nitrogen and oxygen atoms in total. The molecule has 1 unspecified atom stereocenters. The Balaban J connectivity index is 1.95. The maximum atomic E-state index is 4.45. The number of hydrogen-bond acceptors (Lipinski definition) is 3. The van der Waals surface area contributed by atoms with E-state index in [1.165, 1.54) is 5.56 Å². The van der Waals surface area contributed by atoms with Gasteiger partial charge in [-0.1, -0.05) is 51.1 Å². The molecular formula is C16H22N4. The fourth-order valence-corrected chi connectivity index (χ4v) is 2.74. The monoisotopic (exact) mass is 270 g/mol. The molecule has 1 atom stereocenters. The van der Waals surface area contributed by atoms with Crippen LogP contribution in [0.1, 0.15) is 44.0 Å². The van der Waals surface area contributed by atoms with E-state index in [0.29, 0.717) is 0 Å². The standard InChI is InChI=1S/C16H22N4/c1-16(2,3)11-13-18-19-15-14(17-9-10-20(13)15)12-7-5-4-6-8-12/h4-8,14,17H,9-11H2,1-3H3. The molecule has 0 aliphatic carbocycles. The van der Waals surface area contributed by atoms with Crippen molar-refractivity contribution in [3.63, 3.8) is 0 Å². The van der Waals surface area contributed by atoms with E-state index in [1.807, 2.05) is 6.07 Å². The minimum atomic E-state index is 0.158. The molecule has 0 saturated heterocycles. The van der Waals surface area contributed by atoms with E-state index in [9.17, 15) is 0 Å². The van der Waals surface area contributed by atoms with E-state index in [0.717, 1.165) is 31.2 Å². The topological polar surface area (TPSA) is 42.7 Å². The van der Waals surface area contributed by atoms with E-state index >= 15 is 0 Å². The van der Waals surface area contributed by atoms with Crippen LogP contribution in [0.15, 0.2) is 30.3 Å². The van der Waals surface area contributed by atoms with Crippen LogP contribution >= 0.6 is 0 Å². The average Bonchev–Trinajstić information content (AvgIpc) is 2.81. The van der Waals surface area contributed by atoms with Gasteiger partial charge in [-0.3, -0.25) is 0 Å². The zero-order chi connectivity index (χ0) is 14.2. The fourth-order valence-electron chi connectivity index (χ4n) is 2.74. The van der Waals surface area contributed by atoms with Crippen molar-refractivity contribution < 1.29 is 0 Å². The Bertz CT molecular complexity index is 580. The van der Waals surface area contributed by atoms with Crippen LogP contribution in [0, 0.1) is 5.41 Å². The molecule has 4 heteroatoms. The molecule has 0 saturated carbocycles. The van der Waals surface area contributed by atoms with E-state index < -0.39 is 0 Å². The summed E-state index contributed by atoms with van der Waals surface area (Å²) < 4.78 is 2.29. The first-order chi connectivity index (χ1) is 9.54. The Kier molecular flexibility index (Phi) is 3.34. The first kappa shape index (κ1) is 13.3. The molecule has 106 valence electrons. The fraction of sp³-hybridized carbons (Fsp3) is 0.500. The van der Waals surface area contributed by atoms with Gasteiger partial charge in [0.2, 0.25) is 0 Å². The van der Waals surface area contributed by atoms with Gasteiger partial charge >= 0.3 is 0 Å². The molecule has 2 heterocycles. The van der Waals surface area contributed by atoms with E-state index in [2.05, 4.69) is 65.1 Å². The van der Waals surface area contributed by atoms with Crippen LogP contribution < -0.4 is 5.32 Å². The number of benzene rings is 1. The van der Waals surface area contributed by atoms with E-state index in [4.69, 9.17) is 0 Å². The molecule has 0 bridgehead atoms. The van der Waals surface area contributed by atoms with E-state index in [1.54, 1.807) is 0 Å². The zero-order valence-electron chi connectivity index (χ0n) is 12.4. The molecule has 1 aromatic carbocycles. The number of rotatable bonds is 2. The highest BCUT2D eigenvalue weighted by Crippen LogP contribution is 2.26. The van der Waals surface area contributed by atoms with Gasteiger partial charge in [0.05, 0.1) is 6.04 Å². The summed E-state index contributed by atoms with van der Waals surface area (Å²) in [4.78, 5) is 0. The van der Waals surface area contributed by atoms with Gasteiger partial charge in [0.15, 0.2) is 5.82 Å². The predicted octanol–water partition coefficient (Wildman–Crippen LogP) is 2.56. The molecule has 1 aromatic heterocycles. The summed E-state index contributed by atoms with van der Waals surface area (Å²) in [6.45, 7) is 8.64. The smallest absolute Gasteiger partial charge is 0.154 e. The SMILES string of the molecule is CC(C)(C)Cc1nnc2n1CCNC2c1ccccc1. The molecule has 0 fully saturated rings. The third kappa shape index (κ3) is 2.61. The highest BCUT2D eigenvalue weighted by Gasteiger charge is 2.27. The van der Waals surface area contributed by atoms with Crippen LogP contribution in [0.5, 0.6) is 0 Å². The average molecular weight is 270 g/mol. The number of nitrogens with one attached hydrogen (secondary N) is 1. The van der Waals surface area contributed by atoms with Crippen LogP contribution in [0.3, 0.4) is 0 Å². The van der Waals surface area contributed by atoms with Gasteiger partial charge in [0, 0.05) is 19.5 Å². The Morgan fingerprint density at radius 3 is 2.65 bits per heavy atom. The van der Waals surface area contributed by atoms with Gasteiger partial charge in [0.1, 0.15) is 5.82 Å². The van der Waals surface area contributed by atoms with Crippen LogP contribution in [0.25, 0.3) is 0 Å². The lowest BCUT2D eigenvalue weighted by atomic mass is 9.92. The number of hydrogen-bond donors (Lipinski definition) is 1. The van der Waals surface area contributed by atoms with Crippen molar-refractivity contribution in [1.82, 2.24) is 20.1 Å². The quantitative estimate of drug-likeness (QED) is 0.912. The third-order valence-corrected chi connectivity index (χ3v) is 3.62. The highest BCUT2D eigenvalue weighted by atomic mass is 15.3. The van der Waals surface area contributed by atoms with Crippen molar-refractivity contribution in [2.24, 2.45) is 5.41 Å². The van der Waals surface area contributed by atoms with Gasteiger partial charge in [0.25, 0.3) is 0 Å². The molecule has 0 spiro atoms. The molecular weight excluding hydrogens is 248 g/mol. The summed E-state index contributed by atoms with van der Waals surface area (Å²) in [6, 6.07) is 10.6. The molecule has 1 N–H and O–H groups in total. The summed E-state index contributed by atoms with van der Waals surface area (Å²) in [7, 11) is 0. The first-order valence-corrected chi connectivity index (χ1v) is 7.25. The maximum Gasteiger partial charge on any atom is 0.154 e. The lowest BCUT2D eigenvalue weighted by molar-refractivity contribution is 0.378. The Labute approximate surface area is 120 Å². The summed E-state index contributed by atoms with van der Waals surface area (Å²) in [6.07, 6.45) is 0.960. The molecule has 0 radical (unpaired) electrons. The Morgan fingerprint density at radius 2 is 1.95 bits per heavy atom. The minimum Gasteiger partial charge on any atom is -0.312 e. The zero-order valence-corrected chi connectivity index (χ0v) is 12.4. The second-order valence-electron chi connectivity index (χ2n) is 6.66. The highest BCUT2D eigenvalue weighted by molar-refractivity contribution is 5.26. The first-order valence-electron chi connectivity index (χ1n) is 7.25. The molecule has 1 aliphatic heterocycles. The molecule has 0 amide bonds. The summed E-state index contributed by atoms with van der Waals surface area (Å²) in [5.41, 5.74) is 1.49. The second-order valence-corrected chi connectivity index (χ2v) is 6.66. The van der Waals surface area contributed by atoms with Crippen molar-refractivity contribution in [3.05, 3.63) is 47.5 Å². The van der Waals surface area contributed by atoms with Crippen molar-refractivity contribution in [2.75, 3.05) is 6.54 Å². The molecule has 2 aromatic rings. The summed E-state index contributed by atoms with van der Waals surface area (Å²) >= 11 is 0. The lowest BCUT2D eigenvalue weighted by Gasteiger charge is -2.26. The number of fused-ring (bicyclic) bond motifs is 1. The van der Waals surface area contributed by atoms with Crippen LogP contribution in [-0.4, -0.2) is 21.3 Å². The molecule has 20 heavy (non-hydrogen) atoms. The van der Waals surface area contributed by atoms with Crippen LogP contribution in [0.4, 0.5) is 0 Å². The van der Waals surface area contributed by atoms with E-state index in [-0.39, 0.29) is 11.5 Å². The largest absolute Gasteiger partial charge is 0.312 e. The van der Waals surface area contributed by atoms with Gasteiger partial charge in [-0.2, -0.15) is 0 Å². The van der Waals surface area contributed by atoms with Crippen molar-refractivity contribution in [2.45, 2.75) is 39.8 Å². The van der Waals surface area contributed by atoms with Crippen molar-refractivity contribution >= 4 is 0 Å². The van der Waals surface area contributed by atoms with Gasteiger partial charge in [-0.15, -0.1) is 10.2 Å². The Morgan fingerprint density at radius 1 is 1.20 bits per heavy atom. The van der Waals surface area contributed by atoms with Gasteiger partial charge in [-0.05, 0) is 11.0 Å². The van der Waals surface area contributed by atoms with Gasteiger partial charge in [-0.25, -0.2) is 0 Å². The van der Waals surface area contributed by atoms with Crippen LogP contribution in [0.2, 0.25) is 0 Å². The van der Waals surface area contributed by atoms with Crippen molar-refractivity contribution in [3.8, 4) is 0 Å². The maximum absolute atomic E-state index is 4.45.